The van der Waals surface area contributed by atoms with E-state index in [0.717, 1.165) is 24.1 Å². The molecule has 0 N–H and O–H groups in total. The van der Waals surface area contributed by atoms with Crippen molar-refractivity contribution < 1.29 is 0 Å². The molecular formula is C12H19BrN2. The fourth-order valence-electron chi connectivity index (χ4n) is 1.40. The Bertz CT molecular complexity index is 299. The number of halogens is 1. The van der Waals surface area contributed by atoms with Crippen molar-refractivity contribution in [2.75, 3.05) is 34.2 Å². The second-order valence-corrected chi connectivity index (χ2v) is 5.09. The second kappa shape index (κ2) is 6.26. The van der Waals surface area contributed by atoms with E-state index in [0.29, 0.717) is 0 Å². The average Bonchev–Trinajstić information content (AvgIpc) is 2.15. The molecule has 0 aliphatic rings. The largest absolute Gasteiger partial charge is 0.308 e. The summed E-state index contributed by atoms with van der Waals surface area (Å²) in [7, 11) is 6.37. The maximum absolute atomic E-state index is 3.49. The molecule has 84 valence electrons. The van der Waals surface area contributed by atoms with Crippen LogP contribution in [0.4, 0.5) is 0 Å². The minimum atomic E-state index is 1.01. The van der Waals surface area contributed by atoms with E-state index in [1.165, 1.54) is 5.56 Å². The van der Waals surface area contributed by atoms with Gasteiger partial charge in [0.1, 0.15) is 0 Å². The van der Waals surface area contributed by atoms with Crippen molar-refractivity contribution in [3.8, 4) is 0 Å². The minimum absolute atomic E-state index is 1.01. The summed E-state index contributed by atoms with van der Waals surface area (Å²) < 4.78 is 1.15. The fourth-order valence-corrected chi connectivity index (χ4v) is 1.84. The van der Waals surface area contributed by atoms with Gasteiger partial charge in [0.15, 0.2) is 0 Å². The van der Waals surface area contributed by atoms with Gasteiger partial charge in [0.2, 0.25) is 0 Å². The predicted molar refractivity (Wildman–Crippen MR) is 69.0 cm³/mol. The van der Waals surface area contributed by atoms with Crippen LogP contribution in [0.5, 0.6) is 0 Å². The van der Waals surface area contributed by atoms with E-state index in [-0.39, 0.29) is 0 Å². The number of hydrogen-bond acceptors (Lipinski definition) is 2. The second-order valence-electron chi connectivity index (χ2n) is 4.17. The quantitative estimate of drug-likeness (QED) is 0.811. The summed E-state index contributed by atoms with van der Waals surface area (Å²) >= 11 is 3.49. The molecule has 0 atom stereocenters. The van der Waals surface area contributed by atoms with Crippen LogP contribution >= 0.6 is 15.9 Å². The van der Waals surface area contributed by atoms with Crippen LogP contribution in [0.1, 0.15) is 5.56 Å². The molecule has 0 aliphatic carbocycles. The van der Waals surface area contributed by atoms with E-state index in [4.69, 9.17) is 0 Å². The van der Waals surface area contributed by atoms with E-state index in [1.807, 2.05) is 0 Å². The highest BCUT2D eigenvalue weighted by Crippen LogP contribution is 2.12. The van der Waals surface area contributed by atoms with Crippen molar-refractivity contribution in [3.05, 3.63) is 34.3 Å². The highest BCUT2D eigenvalue weighted by Gasteiger charge is 2.01. The number of hydrogen-bond donors (Lipinski definition) is 0. The third-order valence-electron chi connectivity index (χ3n) is 2.27. The average molecular weight is 271 g/mol. The lowest BCUT2D eigenvalue weighted by Gasteiger charge is -2.19. The summed E-state index contributed by atoms with van der Waals surface area (Å²) in [5.74, 6) is 0. The van der Waals surface area contributed by atoms with E-state index >= 15 is 0 Å². The smallest absolute Gasteiger partial charge is 0.0231 e. The van der Waals surface area contributed by atoms with Crippen molar-refractivity contribution in [1.82, 2.24) is 9.80 Å². The van der Waals surface area contributed by atoms with E-state index in [9.17, 15) is 0 Å². The van der Waals surface area contributed by atoms with Gasteiger partial charge in [-0.05, 0) is 38.8 Å². The summed E-state index contributed by atoms with van der Waals surface area (Å²) in [5, 5.41) is 0. The van der Waals surface area contributed by atoms with Gasteiger partial charge >= 0.3 is 0 Å². The van der Waals surface area contributed by atoms with Crippen molar-refractivity contribution in [2.45, 2.75) is 6.54 Å². The van der Waals surface area contributed by atoms with Crippen molar-refractivity contribution >= 4 is 15.9 Å². The Balaban J connectivity index is 2.40. The number of likely N-dealkylation sites (N-methyl/N-ethyl adjacent to an activating group) is 2. The van der Waals surface area contributed by atoms with Crippen LogP contribution in [-0.4, -0.2) is 44.0 Å². The van der Waals surface area contributed by atoms with Crippen LogP contribution in [0.25, 0.3) is 0 Å². The lowest BCUT2D eigenvalue weighted by atomic mass is 10.2. The lowest BCUT2D eigenvalue weighted by Crippen LogP contribution is -2.28. The molecule has 0 saturated carbocycles. The number of rotatable bonds is 5. The van der Waals surface area contributed by atoms with Crippen LogP contribution < -0.4 is 0 Å². The van der Waals surface area contributed by atoms with E-state index < -0.39 is 0 Å². The normalized spacial score (nSPS) is 11.3. The van der Waals surface area contributed by atoms with Crippen LogP contribution in [0.2, 0.25) is 0 Å². The minimum Gasteiger partial charge on any atom is -0.308 e. The monoisotopic (exact) mass is 270 g/mol. The first-order chi connectivity index (χ1) is 7.08. The SMILES string of the molecule is CN(C)CCN(C)Cc1cccc(Br)c1. The highest BCUT2D eigenvalue weighted by molar-refractivity contribution is 9.10. The molecule has 0 aromatic heterocycles. The number of nitrogens with zero attached hydrogens (tertiary/aromatic N) is 2. The fraction of sp³-hybridized carbons (Fsp3) is 0.500. The standard InChI is InChI=1S/C12H19BrN2/c1-14(2)7-8-15(3)10-11-5-4-6-12(13)9-11/h4-6,9H,7-8,10H2,1-3H3. The summed E-state index contributed by atoms with van der Waals surface area (Å²) in [6.45, 7) is 3.21. The molecular weight excluding hydrogens is 252 g/mol. The van der Waals surface area contributed by atoms with Gasteiger partial charge in [0.25, 0.3) is 0 Å². The summed E-state index contributed by atoms with van der Waals surface area (Å²) in [5.41, 5.74) is 1.35. The Morgan fingerprint density at radius 1 is 1.13 bits per heavy atom. The molecule has 2 nitrogen and oxygen atoms in total. The van der Waals surface area contributed by atoms with E-state index in [1.54, 1.807) is 0 Å². The molecule has 0 amide bonds. The van der Waals surface area contributed by atoms with Gasteiger partial charge in [-0.25, -0.2) is 0 Å². The summed E-state index contributed by atoms with van der Waals surface area (Å²) in [4.78, 5) is 4.54. The van der Waals surface area contributed by atoms with Crippen LogP contribution in [0.3, 0.4) is 0 Å². The van der Waals surface area contributed by atoms with Gasteiger partial charge < -0.3 is 9.80 Å². The molecule has 0 fully saturated rings. The molecule has 15 heavy (non-hydrogen) atoms. The summed E-state index contributed by atoms with van der Waals surface area (Å²) in [6.07, 6.45) is 0. The molecule has 1 aromatic rings. The third kappa shape index (κ3) is 5.30. The molecule has 3 heteroatoms. The number of benzene rings is 1. The van der Waals surface area contributed by atoms with Gasteiger partial charge in [-0.2, -0.15) is 0 Å². The van der Waals surface area contributed by atoms with Crippen molar-refractivity contribution in [1.29, 1.82) is 0 Å². The summed E-state index contributed by atoms with van der Waals surface area (Å²) in [6, 6.07) is 8.48. The Kier molecular flexibility index (Phi) is 5.29. The molecule has 0 radical (unpaired) electrons. The third-order valence-corrected chi connectivity index (χ3v) is 2.76. The van der Waals surface area contributed by atoms with Gasteiger partial charge in [0, 0.05) is 24.1 Å². The van der Waals surface area contributed by atoms with E-state index in [2.05, 4.69) is 71.1 Å². The molecule has 0 saturated heterocycles. The van der Waals surface area contributed by atoms with Crippen molar-refractivity contribution in [3.63, 3.8) is 0 Å². The first kappa shape index (κ1) is 12.7. The molecule has 0 unspecified atom stereocenters. The molecule has 1 aromatic carbocycles. The van der Waals surface area contributed by atoms with Gasteiger partial charge in [-0.3, -0.25) is 0 Å². The zero-order valence-electron chi connectivity index (χ0n) is 9.70. The van der Waals surface area contributed by atoms with Crippen LogP contribution in [0, 0.1) is 0 Å². The molecule has 0 aliphatic heterocycles. The molecule has 0 bridgehead atoms. The van der Waals surface area contributed by atoms with Crippen LogP contribution in [-0.2, 0) is 6.54 Å². The molecule has 0 spiro atoms. The Morgan fingerprint density at radius 3 is 2.47 bits per heavy atom. The molecule has 1 rings (SSSR count). The van der Waals surface area contributed by atoms with Gasteiger partial charge in [-0.1, -0.05) is 28.1 Å². The first-order valence-electron chi connectivity index (χ1n) is 5.15. The zero-order chi connectivity index (χ0) is 11.3. The lowest BCUT2D eigenvalue weighted by molar-refractivity contribution is 0.276. The Hall–Kier alpha value is -0.380. The topological polar surface area (TPSA) is 6.48 Å². The highest BCUT2D eigenvalue weighted by atomic mass is 79.9. The molecule has 0 heterocycles. The van der Waals surface area contributed by atoms with Gasteiger partial charge in [-0.15, -0.1) is 0 Å². The Labute approximate surface area is 101 Å². The predicted octanol–water partition coefficient (Wildman–Crippen LogP) is 2.44. The first-order valence-corrected chi connectivity index (χ1v) is 5.95. The zero-order valence-corrected chi connectivity index (χ0v) is 11.3. The van der Waals surface area contributed by atoms with Crippen LogP contribution in [0.15, 0.2) is 28.7 Å². The maximum atomic E-state index is 3.49. The maximum Gasteiger partial charge on any atom is 0.0231 e. The van der Waals surface area contributed by atoms with Crippen molar-refractivity contribution in [2.24, 2.45) is 0 Å². The van der Waals surface area contributed by atoms with Gasteiger partial charge in [0.05, 0.1) is 0 Å². The Morgan fingerprint density at radius 2 is 1.87 bits per heavy atom.